The van der Waals surface area contributed by atoms with Crippen LogP contribution < -0.4 is 9.64 Å². The van der Waals surface area contributed by atoms with Crippen molar-refractivity contribution in [2.45, 2.75) is 6.10 Å². The van der Waals surface area contributed by atoms with Crippen LogP contribution in [-0.4, -0.2) is 31.8 Å². The summed E-state index contributed by atoms with van der Waals surface area (Å²) >= 11 is 5.94. The minimum atomic E-state index is -0.0632. The number of hydrogen-bond donors (Lipinski definition) is 0. The molecule has 1 fully saturated rings. The van der Waals surface area contributed by atoms with Crippen LogP contribution in [0, 0.1) is 11.3 Å². The molecule has 118 valence electrons. The number of aromatic nitrogens is 1. The molecule has 0 bridgehead atoms. The molecule has 5 nitrogen and oxygen atoms in total. The molecule has 1 aromatic heterocycles. The molecular formula is C17H16ClN3O2. The van der Waals surface area contributed by atoms with E-state index in [1.54, 1.807) is 6.20 Å². The smallest absolute Gasteiger partial charge is 0.233 e. The number of nitriles is 1. The third kappa shape index (κ3) is 3.24. The fraction of sp³-hybridized carbons (Fsp3) is 0.294. The Morgan fingerprint density at radius 1 is 1.35 bits per heavy atom. The third-order valence-electron chi connectivity index (χ3n) is 3.85. The molecule has 1 atom stereocenters. The lowest BCUT2D eigenvalue weighted by Crippen LogP contribution is -2.38. The number of ether oxygens (including phenoxy) is 2. The van der Waals surface area contributed by atoms with E-state index in [1.165, 1.54) is 7.11 Å². The highest BCUT2D eigenvalue weighted by Crippen LogP contribution is 2.31. The minimum absolute atomic E-state index is 0.0632. The van der Waals surface area contributed by atoms with Gasteiger partial charge in [0.05, 0.1) is 19.4 Å². The summed E-state index contributed by atoms with van der Waals surface area (Å²) in [4.78, 5) is 6.22. The van der Waals surface area contributed by atoms with Crippen LogP contribution in [0.2, 0.25) is 5.02 Å². The highest BCUT2D eigenvalue weighted by atomic mass is 35.5. The third-order valence-corrected chi connectivity index (χ3v) is 4.10. The molecule has 0 unspecified atom stereocenters. The van der Waals surface area contributed by atoms with Gasteiger partial charge in [-0.2, -0.15) is 5.26 Å². The highest BCUT2D eigenvalue weighted by molar-refractivity contribution is 6.30. The fourth-order valence-electron chi connectivity index (χ4n) is 2.70. The first-order chi connectivity index (χ1) is 11.2. The zero-order valence-electron chi connectivity index (χ0n) is 12.7. The molecule has 0 amide bonds. The van der Waals surface area contributed by atoms with Crippen molar-refractivity contribution >= 4 is 17.3 Å². The second kappa shape index (κ2) is 6.86. The molecule has 1 aromatic carbocycles. The Kier molecular flexibility index (Phi) is 4.65. The van der Waals surface area contributed by atoms with Gasteiger partial charge in [0.15, 0.2) is 0 Å². The normalized spacial score (nSPS) is 17.6. The summed E-state index contributed by atoms with van der Waals surface area (Å²) < 4.78 is 11.1. The summed E-state index contributed by atoms with van der Waals surface area (Å²) in [6.45, 7) is 1.96. The molecule has 1 saturated heterocycles. The molecule has 6 heteroatoms. The Morgan fingerprint density at radius 2 is 2.13 bits per heavy atom. The van der Waals surface area contributed by atoms with Crippen molar-refractivity contribution < 1.29 is 9.47 Å². The molecule has 1 aliphatic rings. The van der Waals surface area contributed by atoms with E-state index in [-0.39, 0.29) is 6.10 Å². The van der Waals surface area contributed by atoms with Crippen LogP contribution in [0.5, 0.6) is 5.88 Å². The second-order valence-electron chi connectivity index (χ2n) is 5.18. The average Bonchev–Trinajstić information content (AvgIpc) is 2.61. The van der Waals surface area contributed by atoms with Crippen LogP contribution in [-0.2, 0) is 4.74 Å². The van der Waals surface area contributed by atoms with E-state index in [2.05, 4.69) is 16.0 Å². The van der Waals surface area contributed by atoms with E-state index in [9.17, 15) is 5.26 Å². The largest absolute Gasteiger partial charge is 0.480 e. The van der Waals surface area contributed by atoms with Gasteiger partial charge in [0.1, 0.15) is 17.7 Å². The van der Waals surface area contributed by atoms with Crippen molar-refractivity contribution in [3.05, 3.63) is 52.7 Å². The Labute approximate surface area is 140 Å². The summed E-state index contributed by atoms with van der Waals surface area (Å²) in [6.07, 6.45) is 1.59. The van der Waals surface area contributed by atoms with Gasteiger partial charge in [0.2, 0.25) is 5.88 Å². The van der Waals surface area contributed by atoms with Crippen molar-refractivity contribution in [3.8, 4) is 11.9 Å². The molecule has 23 heavy (non-hydrogen) atoms. The predicted molar refractivity (Wildman–Crippen MR) is 87.9 cm³/mol. The lowest BCUT2D eigenvalue weighted by Gasteiger charge is -2.35. The van der Waals surface area contributed by atoms with Gasteiger partial charge < -0.3 is 14.4 Å². The van der Waals surface area contributed by atoms with Gasteiger partial charge in [-0.3, -0.25) is 0 Å². The fourth-order valence-corrected chi connectivity index (χ4v) is 2.83. The highest BCUT2D eigenvalue weighted by Gasteiger charge is 2.25. The van der Waals surface area contributed by atoms with E-state index in [0.717, 1.165) is 11.3 Å². The van der Waals surface area contributed by atoms with Crippen molar-refractivity contribution in [2.24, 2.45) is 0 Å². The molecule has 0 spiro atoms. The quantitative estimate of drug-likeness (QED) is 0.865. The van der Waals surface area contributed by atoms with E-state index in [0.29, 0.717) is 36.2 Å². The summed E-state index contributed by atoms with van der Waals surface area (Å²) in [7, 11) is 1.52. The average molecular weight is 330 g/mol. The summed E-state index contributed by atoms with van der Waals surface area (Å²) in [6, 6.07) is 11.7. The van der Waals surface area contributed by atoms with Crippen LogP contribution in [0.4, 0.5) is 5.69 Å². The number of anilines is 1. The van der Waals surface area contributed by atoms with Gasteiger partial charge >= 0.3 is 0 Å². The van der Waals surface area contributed by atoms with Gasteiger partial charge in [-0.25, -0.2) is 4.98 Å². The van der Waals surface area contributed by atoms with Gasteiger partial charge in [0, 0.05) is 24.3 Å². The number of halogens is 1. The standard InChI is InChI=1S/C17H16ClN3O2/c1-22-17-14(10-19)15(6-7-20-17)21-8-9-23-16(11-21)12-2-4-13(18)5-3-12/h2-7,16H,8-9,11H2,1H3/t16-/m0/s1. The van der Waals surface area contributed by atoms with Crippen LogP contribution in [0.3, 0.4) is 0 Å². The Hall–Kier alpha value is -2.29. The number of benzene rings is 1. The van der Waals surface area contributed by atoms with Crippen LogP contribution in [0.1, 0.15) is 17.2 Å². The van der Waals surface area contributed by atoms with Gasteiger partial charge in [0.25, 0.3) is 0 Å². The number of methoxy groups -OCH3 is 1. The minimum Gasteiger partial charge on any atom is -0.480 e. The number of pyridine rings is 1. The zero-order chi connectivity index (χ0) is 16.2. The number of nitrogens with zero attached hydrogens (tertiary/aromatic N) is 3. The molecule has 3 rings (SSSR count). The Balaban J connectivity index is 1.87. The second-order valence-corrected chi connectivity index (χ2v) is 5.62. The molecular weight excluding hydrogens is 314 g/mol. The van der Waals surface area contributed by atoms with E-state index < -0.39 is 0 Å². The number of morpholine rings is 1. The van der Waals surface area contributed by atoms with E-state index >= 15 is 0 Å². The Morgan fingerprint density at radius 3 is 2.83 bits per heavy atom. The SMILES string of the molecule is COc1nccc(N2CCO[C@H](c3ccc(Cl)cc3)C2)c1C#N. The molecule has 2 heterocycles. The van der Waals surface area contributed by atoms with Crippen molar-refractivity contribution in [3.63, 3.8) is 0 Å². The first kappa shape index (κ1) is 15.6. The van der Waals surface area contributed by atoms with Crippen LogP contribution in [0.25, 0.3) is 0 Å². The van der Waals surface area contributed by atoms with Crippen molar-refractivity contribution in [1.82, 2.24) is 4.98 Å². The van der Waals surface area contributed by atoms with Gasteiger partial charge in [-0.05, 0) is 23.8 Å². The summed E-state index contributed by atoms with van der Waals surface area (Å²) in [5.41, 5.74) is 2.34. The number of rotatable bonds is 3. The van der Waals surface area contributed by atoms with Gasteiger partial charge in [-0.15, -0.1) is 0 Å². The molecule has 2 aromatic rings. The van der Waals surface area contributed by atoms with Gasteiger partial charge in [-0.1, -0.05) is 23.7 Å². The summed E-state index contributed by atoms with van der Waals surface area (Å²) in [5.74, 6) is 0.347. The molecule has 0 radical (unpaired) electrons. The first-order valence-corrected chi connectivity index (χ1v) is 7.66. The zero-order valence-corrected chi connectivity index (χ0v) is 13.5. The van der Waals surface area contributed by atoms with E-state index in [4.69, 9.17) is 21.1 Å². The lowest BCUT2D eigenvalue weighted by molar-refractivity contribution is 0.0397. The maximum Gasteiger partial charge on any atom is 0.233 e. The molecule has 0 saturated carbocycles. The first-order valence-electron chi connectivity index (χ1n) is 7.28. The molecule has 1 aliphatic heterocycles. The van der Waals surface area contributed by atoms with Crippen LogP contribution in [0.15, 0.2) is 36.5 Å². The predicted octanol–water partition coefficient (Wildman–Crippen LogP) is 3.19. The van der Waals surface area contributed by atoms with Crippen molar-refractivity contribution in [1.29, 1.82) is 5.26 Å². The summed E-state index contributed by atoms with van der Waals surface area (Å²) in [5, 5.41) is 10.1. The van der Waals surface area contributed by atoms with Crippen LogP contribution >= 0.6 is 11.6 Å². The monoisotopic (exact) mass is 329 g/mol. The maximum absolute atomic E-state index is 9.43. The number of hydrogen-bond acceptors (Lipinski definition) is 5. The topological polar surface area (TPSA) is 58.4 Å². The Bertz CT molecular complexity index is 728. The van der Waals surface area contributed by atoms with Crippen molar-refractivity contribution in [2.75, 3.05) is 31.7 Å². The lowest BCUT2D eigenvalue weighted by atomic mass is 10.1. The van der Waals surface area contributed by atoms with E-state index in [1.807, 2.05) is 30.3 Å². The molecule has 0 aliphatic carbocycles. The maximum atomic E-state index is 9.43. The molecule has 0 N–H and O–H groups in total.